The molecule has 0 aliphatic carbocycles. The summed E-state index contributed by atoms with van der Waals surface area (Å²) >= 11 is 0. The number of nitrogens with zero attached hydrogens (tertiary/aromatic N) is 2. The van der Waals surface area contributed by atoms with Crippen molar-refractivity contribution in [2.45, 2.75) is 13.8 Å². The maximum Gasteiger partial charge on any atom is 0.226 e. The first-order chi connectivity index (χ1) is 7.66. The summed E-state index contributed by atoms with van der Waals surface area (Å²) in [7, 11) is 0. The van der Waals surface area contributed by atoms with Gasteiger partial charge in [-0.05, 0) is 18.1 Å². The number of nitrogen functional groups attached to an aromatic ring is 1. The second-order valence-corrected chi connectivity index (χ2v) is 4.11. The third-order valence-electron chi connectivity index (χ3n) is 2.14. The summed E-state index contributed by atoms with van der Waals surface area (Å²) in [4.78, 5) is 8.27. The Morgan fingerprint density at radius 2 is 2.00 bits per heavy atom. The molecule has 2 aromatic rings. The highest BCUT2D eigenvalue weighted by molar-refractivity contribution is 5.84. The van der Waals surface area contributed by atoms with Gasteiger partial charge in [0, 0.05) is 0 Å². The first-order valence-electron chi connectivity index (χ1n) is 5.32. The third kappa shape index (κ3) is 2.21. The van der Waals surface area contributed by atoms with E-state index in [9.17, 15) is 0 Å². The van der Waals surface area contributed by atoms with Crippen molar-refractivity contribution in [2.75, 3.05) is 12.3 Å². The number of hydrogen-bond donors (Lipinski definition) is 1. The minimum Gasteiger partial charge on any atom is -0.477 e. The average molecular weight is 217 g/mol. The molecule has 0 aliphatic heterocycles. The standard InChI is InChI=1S/C12H15N3O/c1-8(2)7-16-11-9-5-3-4-6-10(9)14-12(13)15-11/h3-6,8H,7H2,1-2H3,(H2,13,14,15). The molecule has 2 N–H and O–H groups in total. The van der Waals surface area contributed by atoms with Crippen LogP contribution in [0.3, 0.4) is 0 Å². The number of benzene rings is 1. The molecule has 84 valence electrons. The van der Waals surface area contributed by atoms with Gasteiger partial charge in [-0.2, -0.15) is 4.98 Å². The van der Waals surface area contributed by atoms with Crippen LogP contribution >= 0.6 is 0 Å². The number of para-hydroxylation sites is 1. The molecule has 0 aliphatic rings. The van der Waals surface area contributed by atoms with Crippen molar-refractivity contribution in [3.63, 3.8) is 0 Å². The molecule has 0 spiro atoms. The van der Waals surface area contributed by atoms with Crippen LogP contribution in [0.25, 0.3) is 10.9 Å². The van der Waals surface area contributed by atoms with Crippen molar-refractivity contribution in [3.8, 4) is 5.88 Å². The molecule has 1 heterocycles. The minimum absolute atomic E-state index is 0.248. The van der Waals surface area contributed by atoms with E-state index in [0.29, 0.717) is 18.4 Å². The van der Waals surface area contributed by atoms with E-state index in [1.807, 2.05) is 24.3 Å². The van der Waals surface area contributed by atoms with E-state index in [-0.39, 0.29) is 5.95 Å². The van der Waals surface area contributed by atoms with E-state index < -0.39 is 0 Å². The van der Waals surface area contributed by atoms with Gasteiger partial charge >= 0.3 is 0 Å². The van der Waals surface area contributed by atoms with E-state index in [1.54, 1.807) is 0 Å². The van der Waals surface area contributed by atoms with Gasteiger partial charge in [0.05, 0.1) is 17.5 Å². The van der Waals surface area contributed by atoms with Gasteiger partial charge in [-0.25, -0.2) is 4.98 Å². The van der Waals surface area contributed by atoms with Crippen molar-refractivity contribution in [1.82, 2.24) is 9.97 Å². The molecule has 4 nitrogen and oxygen atoms in total. The van der Waals surface area contributed by atoms with Crippen LogP contribution in [0, 0.1) is 5.92 Å². The number of hydrogen-bond acceptors (Lipinski definition) is 4. The van der Waals surface area contributed by atoms with Crippen molar-refractivity contribution in [3.05, 3.63) is 24.3 Å². The summed E-state index contributed by atoms with van der Waals surface area (Å²) in [5.74, 6) is 1.27. The van der Waals surface area contributed by atoms with E-state index in [1.165, 1.54) is 0 Å². The fraction of sp³-hybridized carbons (Fsp3) is 0.333. The minimum atomic E-state index is 0.248. The molecule has 0 unspecified atom stereocenters. The van der Waals surface area contributed by atoms with Crippen LogP contribution in [0.4, 0.5) is 5.95 Å². The Kier molecular flexibility index (Phi) is 2.90. The second kappa shape index (κ2) is 4.35. The number of rotatable bonds is 3. The maximum atomic E-state index is 5.63. The van der Waals surface area contributed by atoms with E-state index in [0.717, 1.165) is 10.9 Å². The smallest absolute Gasteiger partial charge is 0.226 e. The number of ether oxygens (including phenoxy) is 1. The van der Waals surface area contributed by atoms with Crippen LogP contribution in [0.1, 0.15) is 13.8 Å². The Morgan fingerprint density at radius 1 is 1.25 bits per heavy atom. The zero-order chi connectivity index (χ0) is 11.5. The molecule has 2 rings (SSSR count). The summed E-state index contributed by atoms with van der Waals surface area (Å²) in [5.41, 5.74) is 6.44. The zero-order valence-electron chi connectivity index (χ0n) is 9.47. The molecule has 0 amide bonds. The molecule has 4 heteroatoms. The third-order valence-corrected chi connectivity index (χ3v) is 2.14. The Morgan fingerprint density at radius 3 is 2.75 bits per heavy atom. The monoisotopic (exact) mass is 217 g/mol. The summed E-state index contributed by atoms with van der Waals surface area (Å²) in [5, 5.41) is 0.900. The van der Waals surface area contributed by atoms with Crippen LogP contribution in [-0.4, -0.2) is 16.6 Å². The number of aromatic nitrogens is 2. The molecule has 0 radical (unpaired) electrons. The molecule has 0 fully saturated rings. The van der Waals surface area contributed by atoms with Crippen molar-refractivity contribution < 1.29 is 4.74 Å². The fourth-order valence-corrected chi connectivity index (χ4v) is 1.42. The summed E-state index contributed by atoms with van der Waals surface area (Å²) < 4.78 is 5.63. The lowest BCUT2D eigenvalue weighted by Gasteiger charge is -2.10. The molecule has 1 aromatic carbocycles. The predicted octanol–water partition coefficient (Wildman–Crippen LogP) is 2.25. The highest BCUT2D eigenvalue weighted by Gasteiger charge is 2.07. The fourth-order valence-electron chi connectivity index (χ4n) is 1.42. The molecule has 1 aromatic heterocycles. The molecule has 16 heavy (non-hydrogen) atoms. The van der Waals surface area contributed by atoms with Crippen LogP contribution in [0.5, 0.6) is 5.88 Å². The number of anilines is 1. The first kappa shape index (κ1) is 10.7. The van der Waals surface area contributed by atoms with Crippen molar-refractivity contribution in [1.29, 1.82) is 0 Å². The van der Waals surface area contributed by atoms with Gasteiger partial charge in [-0.1, -0.05) is 26.0 Å². The molecular formula is C12H15N3O. The Labute approximate surface area is 94.5 Å². The number of fused-ring (bicyclic) bond motifs is 1. The van der Waals surface area contributed by atoms with Crippen LogP contribution in [0.2, 0.25) is 0 Å². The van der Waals surface area contributed by atoms with Crippen LogP contribution in [-0.2, 0) is 0 Å². The van der Waals surface area contributed by atoms with Crippen LogP contribution < -0.4 is 10.5 Å². The van der Waals surface area contributed by atoms with Gasteiger partial charge in [-0.3, -0.25) is 0 Å². The predicted molar refractivity (Wildman–Crippen MR) is 64.3 cm³/mol. The Balaban J connectivity index is 2.42. The van der Waals surface area contributed by atoms with E-state index >= 15 is 0 Å². The zero-order valence-corrected chi connectivity index (χ0v) is 9.47. The second-order valence-electron chi connectivity index (χ2n) is 4.11. The maximum absolute atomic E-state index is 5.63. The van der Waals surface area contributed by atoms with Gasteiger partial charge in [-0.15, -0.1) is 0 Å². The molecule has 0 saturated heterocycles. The topological polar surface area (TPSA) is 61.0 Å². The summed E-state index contributed by atoms with van der Waals surface area (Å²) in [6.45, 7) is 4.81. The van der Waals surface area contributed by atoms with Crippen molar-refractivity contribution in [2.24, 2.45) is 5.92 Å². The van der Waals surface area contributed by atoms with Crippen molar-refractivity contribution >= 4 is 16.9 Å². The van der Waals surface area contributed by atoms with Gasteiger partial charge in [0.2, 0.25) is 11.8 Å². The Hall–Kier alpha value is -1.84. The Bertz CT molecular complexity index is 497. The largest absolute Gasteiger partial charge is 0.477 e. The quantitative estimate of drug-likeness (QED) is 0.856. The lowest BCUT2D eigenvalue weighted by atomic mass is 10.2. The molecule has 0 bridgehead atoms. The van der Waals surface area contributed by atoms with Gasteiger partial charge in [0.15, 0.2) is 0 Å². The SMILES string of the molecule is CC(C)COc1nc(N)nc2ccccc12. The summed E-state index contributed by atoms with van der Waals surface area (Å²) in [6, 6.07) is 7.69. The van der Waals surface area contributed by atoms with Gasteiger partial charge in [0.1, 0.15) is 0 Å². The number of nitrogens with two attached hydrogens (primary N) is 1. The molecular weight excluding hydrogens is 202 g/mol. The normalized spacial score (nSPS) is 10.9. The molecule has 0 atom stereocenters. The van der Waals surface area contributed by atoms with Gasteiger partial charge < -0.3 is 10.5 Å². The van der Waals surface area contributed by atoms with Crippen LogP contribution in [0.15, 0.2) is 24.3 Å². The highest BCUT2D eigenvalue weighted by Crippen LogP contribution is 2.23. The lowest BCUT2D eigenvalue weighted by Crippen LogP contribution is -2.07. The van der Waals surface area contributed by atoms with Gasteiger partial charge in [0.25, 0.3) is 0 Å². The highest BCUT2D eigenvalue weighted by atomic mass is 16.5. The van der Waals surface area contributed by atoms with E-state index in [4.69, 9.17) is 10.5 Å². The molecule has 0 saturated carbocycles. The average Bonchev–Trinajstić information content (AvgIpc) is 2.25. The first-order valence-corrected chi connectivity index (χ1v) is 5.32. The summed E-state index contributed by atoms with van der Waals surface area (Å²) in [6.07, 6.45) is 0. The lowest BCUT2D eigenvalue weighted by molar-refractivity contribution is 0.265. The van der Waals surface area contributed by atoms with E-state index in [2.05, 4.69) is 23.8 Å².